The van der Waals surface area contributed by atoms with Gasteiger partial charge in [0.25, 0.3) is 0 Å². The molecule has 0 amide bonds. The van der Waals surface area contributed by atoms with Gasteiger partial charge >= 0.3 is 0 Å². The molecule has 0 radical (unpaired) electrons. The Kier molecular flexibility index (Phi) is 3.97. The smallest absolute Gasteiger partial charge is 0.143 e. The summed E-state index contributed by atoms with van der Waals surface area (Å²) in [4.78, 5) is 0. The van der Waals surface area contributed by atoms with Crippen LogP contribution in [0, 0.1) is 0 Å². The molecule has 0 spiro atoms. The van der Waals surface area contributed by atoms with Crippen molar-refractivity contribution in [3.8, 4) is 16.8 Å². The van der Waals surface area contributed by atoms with E-state index in [1.165, 1.54) is 38.3 Å². The van der Waals surface area contributed by atoms with Gasteiger partial charge in [0.2, 0.25) is 0 Å². The summed E-state index contributed by atoms with van der Waals surface area (Å²) in [5, 5.41) is 7.15. The lowest BCUT2D eigenvalue weighted by molar-refractivity contribution is 0.672. The molecule has 2 aromatic heterocycles. The second kappa shape index (κ2) is 7.34. The average Bonchev–Trinajstić information content (AvgIpc) is 3.48. The van der Waals surface area contributed by atoms with Gasteiger partial charge < -0.3 is 8.98 Å². The minimum atomic E-state index is 0.927. The number of rotatable bonds is 2. The minimum absolute atomic E-state index is 0.927. The lowest BCUT2D eigenvalue weighted by Crippen LogP contribution is -1.94. The molecule has 0 aliphatic heterocycles. The van der Waals surface area contributed by atoms with Crippen LogP contribution in [0.15, 0.2) is 132 Å². The molecule has 0 unspecified atom stereocenters. The van der Waals surface area contributed by atoms with E-state index < -0.39 is 0 Å². The van der Waals surface area contributed by atoms with Crippen LogP contribution in [0.3, 0.4) is 0 Å². The van der Waals surface area contributed by atoms with Crippen LogP contribution in [-0.2, 0) is 0 Å². The van der Waals surface area contributed by atoms with Gasteiger partial charge in [-0.25, -0.2) is 0 Å². The third-order valence-electron chi connectivity index (χ3n) is 7.36. The number of nitrogens with zero attached hydrogens (tertiary/aromatic N) is 1. The number of hydrogen-bond acceptors (Lipinski definition) is 1. The second-order valence-corrected chi connectivity index (χ2v) is 9.40. The maximum atomic E-state index is 6.40. The fourth-order valence-electron chi connectivity index (χ4n) is 5.70. The first kappa shape index (κ1) is 19.5. The summed E-state index contributed by atoms with van der Waals surface area (Å²) >= 11 is 0. The molecule has 8 aromatic rings. The quantitative estimate of drug-likeness (QED) is 0.252. The van der Waals surface area contributed by atoms with Gasteiger partial charge in [-0.1, -0.05) is 84.9 Å². The molecule has 168 valence electrons. The van der Waals surface area contributed by atoms with Crippen LogP contribution in [0.4, 0.5) is 0 Å². The lowest BCUT2D eigenvalue weighted by Gasteiger charge is -2.11. The van der Waals surface area contributed by atoms with E-state index in [2.05, 4.69) is 120 Å². The van der Waals surface area contributed by atoms with E-state index in [4.69, 9.17) is 4.42 Å². The van der Waals surface area contributed by atoms with E-state index in [0.717, 1.165) is 33.0 Å². The first-order valence-corrected chi connectivity index (χ1v) is 12.3. The van der Waals surface area contributed by atoms with Crippen molar-refractivity contribution in [3.63, 3.8) is 0 Å². The molecule has 2 nitrogen and oxygen atoms in total. The molecule has 0 saturated heterocycles. The molecular formula is C34H21NO. The van der Waals surface area contributed by atoms with Crippen LogP contribution in [0.5, 0.6) is 0 Å². The first-order valence-electron chi connectivity index (χ1n) is 12.3. The molecule has 0 fully saturated rings. The maximum absolute atomic E-state index is 6.40. The molecule has 8 rings (SSSR count). The number of benzene rings is 6. The summed E-state index contributed by atoms with van der Waals surface area (Å²) in [5.74, 6) is 0. The molecule has 6 aromatic carbocycles. The molecule has 0 atom stereocenters. The summed E-state index contributed by atoms with van der Waals surface area (Å²) in [5.41, 5.74) is 7.84. The largest absolute Gasteiger partial charge is 0.455 e. The summed E-state index contributed by atoms with van der Waals surface area (Å²) < 4.78 is 8.79. The Labute approximate surface area is 207 Å². The van der Waals surface area contributed by atoms with Gasteiger partial charge in [0, 0.05) is 32.6 Å². The SMILES string of the molecule is c1ccc(-c2cccc(-n3c4ccccc4c4cc5ccc6c7ccccc7oc6c5cc43)c2)cc1. The van der Waals surface area contributed by atoms with Gasteiger partial charge in [-0.3, -0.25) is 0 Å². The fraction of sp³-hybridized carbons (Fsp3) is 0. The van der Waals surface area contributed by atoms with Crippen molar-refractivity contribution in [2.24, 2.45) is 0 Å². The molecule has 0 bridgehead atoms. The Balaban J connectivity index is 1.48. The van der Waals surface area contributed by atoms with Crippen molar-refractivity contribution >= 4 is 54.5 Å². The van der Waals surface area contributed by atoms with Crippen LogP contribution in [-0.4, -0.2) is 4.57 Å². The summed E-state index contributed by atoms with van der Waals surface area (Å²) in [6.45, 7) is 0. The molecular weight excluding hydrogens is 438 g/mol. The van der Waals surface area contributed by atoms with Gasteiger partial charge in [0.15, 0.2) is 0 Å². The average molecular weight is 460 g/mol. The highest BCUT2D eigenvalue weighted by Gasteiger charge is 2.16. The summed E-state index contributed by atoms with van der Waals surface area (Å²) in [7, 11) is 0. The zero-order valence-electron chi connectivity index (χ0n) is 19.5. The van der Waals surface area contributed by atoms with Gasteiger partial charge in [-0.05, 0) is 59.0 Å². The number of para-hydroxylation sites is 2. The van der Waals surface area contributed by atoms with E-state index in [1.54, 1.807) is 0 Å². The van der Waals surface area contributed by atoms with Crippen LogP contribution in [0.2, 0.25) is 0 Å². The molecule has 36 heavy (non-hydrogen) atoms. The standard InChI is InChI=1S/C34H21NO/c1-2-9-22(10-3-1)23-11-8-12-25(19-23)35-31-15-6-4-13-26(31)30-20-24-17-18-28-27-14-5-7-16-33(27)36-34(28)29(24)21-32(30)35/h1-21H. The zero-order valence-corrected chi connectivity index (χ0v) is 19.5. The summed E-state index contributed by atoms with van der Waals surface area (Å²) in [6.07, 6.45) is 0. The molecule has 0 saturated carbocycles. The van der Waals surface area contributed by atoms with Gasteiger partial charge in [-0.2, -0.15) is 0 Å². The zero-order chi connectivity index (χ0) is 23.6. The first-order chi connectivity index (χ1) is 17.8. The maximum Gasteiger partial charge on any atom is 0.143 e. The van der Waals surface area contributed by atoms with Gasteiger partial charge in [-0.15, -0.1) is 0 Å². The van der Waals surface area contributed by atoms with E-state index >= 15 is 0 Å². The van der Waals surface area contributed by atoms with Crippen LogP contribution < -0.4 is 0 Å². The molecule has 0 aliphatic carbocycles. The predicted molar refractivity (Wildman–Crippen MR) is 151 cm³/mol. The Bertz CT molecular complexity index is 2090. The number of hydrogen-bond donors (Lipinski definition) is 0. The molecule has 0 aliphatic rings. The van der Waals surface area contributed by atoms with Crippen molar-refractivity contribution in [1.29, 1.82) is 0 Å². The monoisotopic (exact) mass is 459 g/mol. The van der Waals surface area contributed by atoms with Crippen molar-refractivity contribution in [2.45, 2.75) is 0 Å². The van der Waals surface area contributed by atoms with Crippen LogP contribution in [0.25, 0.3) is 71.3 Å². The van der Waals surface area contributed by atoms with E-state index in [1.807, 2.05) is 12.1 Å². The molecule has 0 N–H and O–H groups in total. The van der Waals surface area contributed by atoms with Crippen molar-refractivity contribution < 1.29 is 4.42 Å². The van der Waals surface area contributed by atoms with Gasteiger partial charge in [0.1, 0.15) is 11.2 Å². The number of fused-ring (bicyclic) bond motifs is 8. The summed E-state index contributed by atoms with van der Waals surface area (Å²) in [6, 6.07) is 45.4. The lowest BCUT2D eigenvalue weighted by atomic mass is 10.0. The number of furan rings is 1. The Morgan fingerprint density at radius 2 is 1.22 bits per heavy atom. The highest BCUT2D eigenvalue weighted by molar-refractivity contribution is 6.20. The number of aromatic nitrogens is 1. The minimum Gasteiger partial charge on any atom is -0.455 e. The van der Waals surface area contributed by atoms with Crippen molar-refractivity contribution in [3.05, 3.63) is 127 Å². The highest BCUT2D eigenvalue weighted by atomic mass is 16.3. The highest BCUT2D eigenvalue weighted by Crippen LogP contribution is 2.39. The predicted octanol–water partition coefficient (Wildman–Crippen LogP) is 9.50. The third kappa shape index (κ3) is 2.73. The van der Waals surface area contributed by atoms with E-state index in [9.17, 15) is 0 Å². The van der Waals surface area contributed by atoms with Crippen molar-refractivity contribution in [1.82, 2.24) is 4.57 Å². The van der Waals surface area contributed by atoms with Crippen LogP contribution >= 0.6 is 0 Å². The normalized spacial score (nSPS) is 11.9. The van der Waals surface area contributed by atoms with E-state index in [-0.39, 0.29) is 0 Å². The fourth-order valence-corrected chi connectivity index (χ4v) is 5.70. The topological polar surface area (TPSA) is 18.1 Å². The molecule has 2 heterocycles. The van der Waals surface area contributed by atoms with Crippen LogP contribution in [0.1, 0.15) is 0 Å². The second-order valence-electron chi connectivity index (χ2n) is 9.40. The third-order valence-corrected chi connectivity index (χ3v) is 7.36. The van der Waals surface area contributed by atoms with Gasteiger partial charge in [0.05, 0.1) is 11.0 Å². The van der Waals surface area contributed by atoms with E-state index in [0.29, 0.717) is 0 Å². The Morgan fingerprint density at radius 3 is 2.14 bits per heavy atom. The van der Waals surface area contributed by atoms with Crippen molar-refractivity contribution in [2.75, 3.05) is 0 Å². The molecule has 2 heteroatoms. The Hall–Kier alpha value is -4.82. The Morgan fingerprint density at radius 1 is 0.444 bits per heavy atom.